The average molecular weight is 311 g/mol. The van der Waals surface area contributed by atoms with Crippen molar-refractivity contribution in [3.63, 3.8) is 0 Å². The van der Waals surface area contributed by atoms with E-state index < -0.39 is 0 Å². The Morgan fingerprint density at radius 1 is 1.47 bits per heavy atom. The standard InChI is InChI=1S/C13H15BrN2S/c1-3-15-13(10-7-17-8-11(10)14)12-9(2)5-4-6-16-12/h4-8,13,15H,3H2,1-2H3. The van der Waals surface area contributed by atoms with Gasteiger partial charge in [-0.05, 0) is 46.4 Å². The van der Waals surface area contributed by atoms with E-state index in [4.69, 9.17) is 0 Å². The van der Waals surface area contributed by atoms with Gasteiger partial charge >= 0.3 is 0 Å². The van der Waals surface area contributed by atoms with Gasteiger partial charge in [0, 0.05) is 21.6 Å². The molecule has 0 fully saturated rings. The minimum Gasteiger partial charge on any atom is -0.305 e. The number of aryl methyl sites for hydroxylation is 1. The van der Waals surface area contributed by atoms with Crippen LogP contribution >= 0.6 is 27.3 Å². The molecule has 0 aliphatic carbocycles. The minimum atomic E-state index is 0.168. The fourth-order valence-corrected chi connectivity index (χ4v) is 3.41. The Hall–Kier alpha value is -0.710. The van der Waals surface area contributed by atoms with Crippen LogP contribution in [0.4, 0.5) is 0 Å². The highest BCUT2D eigenvalue weighted by atomic mass is 79.9. The first kappa shape index (κ1) is 12.7. The van der Waals surface area contributed by atoms with Crippen LogP contribution in [0.1, 0.15) is 29.8 Å². The number of nitrogens with zero attached hydrogens (tertiary/aromatic N) is 1. The van der Waals surface area contributed by atoms with Crippen LogP contribution in [0.5, 0.6) is 0 Å². The summed E-state index contributed by atoms with van der Waals surface area (Å²) in [5.74, 6) is 0. The third-order valence-electron chi connectivity index (χ3n) is 2.68. The first-order valence-corrected chi connectivity index (χ1v) is 7.34. The van der Waals surface area contributed by atoms with Crippen LogP contribution < -0.4 is 5.32 Å². The van der Waals surface area contributed by atoms with Gasteiger partial charge in [-0.1, -0.05) is 13.0 Å². The molecule has 1 atom stereocenters. The molecule has 0 bridgehead atoms. The van der Waals surface area contributed by atoms with Crippen molar-refractivity contribution < 1.29 is 0 Å². The molecule has 0 saturated carbocycles. The number of rotatable bonds is 4. The van der Waals surface area contributed by atoms with Gasteiger partial charge in [0.15, 0.2) is 0 Å². The second-order valence-corrected chi connectivity index (χ2v) is 5.47. The van der Waals surface area contributed by atoms with E-state index in [1.807, 2.05) is 12.3 Å². The normalized spacial score (nSPS) is 12.6. The number of hydrogen-bond acceptors (Lipinski definition) is 3. The van der Waals surface area contributed by atoms with Gasteiger partial charge in [0.2, 0.25) is 0 Å². The number of pyridine rings is 1. The lowest BCUT2D eigenvalue weighted by Crippen LogP contribution is -2.23. The molecule has 1 N–H and O–H groups in total. The summed E-state index contributed by atoms with van der Waals surface area (Å²) in [4.78, 5) is 4.52. The molecular formula is C13H15BrN2S. The molecule has 0 aliphatic heterocycles. The fraction of sp³-hybridized carbons (Fsp3) is 0.308. The maximum atomic E-state index is 4.52. The van der Waals surface area contributed by atoms with Crippen LogP contribution in [0.25, 0.3) is 0 Å². The average Bonchev–Trinajstić information content (AvgIpc) is 2.74. The van der Waals surface area contributed by atoms with Crippen LogP contribution in [-0.4, -0.2) is 11.5 Å². The van der Waals surface area contributed by atoms with E-state index in [9.17, 15) is 0 Å². The number of hydrogen-bond donors (Lipinski definition) is 1. The molecular weight excluding hydrogens is 296 g/mol. The monoisotopic (exact) mass is 310 g/mol. The molecule has 2 heterocycles. The van der Waals surface area contributed by atoms with Gasteiger partial charge in [-0.15, -0.1) is 0 Å². The van der Waals surface area contributed by atoms with Gasteiger partial charge in [-0.3, -0.25) is 4.98 Å². The van der Waals surface area contributed by atoms with Gasteiger partial charge in [-0.2, -0.15) is 11.3 Å². The molecule has 0 aromatic carbocycles. The van der Waals surface area contributed by atoms with Gasteiger partial charge in [0.25, 0.3) is 0 Å². The van der Waals surface area contributed by atoms with Crippen LogP contribution in [0.2, 0.25) is 0 Å². The topological polar surface area (TPSA) is 24.9 Å². The highest BCUT2D eigenvalue weighted by Crippen LogP contribution is 2.31. The number of aromatic nitrogens is 1. The Balaban J connectivity index is 2.43. The van der Waals surface area contributed by atoms with Crippen LogP contribution in [0, 0.1) is 6.92 Å². The zero-order chi connectivity index (χ0) is 12.3. The molecule has 4 heteroatoms. The molecule has 17 heavy (non-hydrogen) atoms. The smallest absolute Gasteiger partial charge is 0.0773 e. The zero-order valence-corrected chi connectivity index (χ0v) is 12.3. The summed E-state index contributed by atoms with van der Waals surface area (Å²) in [6, 6.07) is 4.25. The Labute approximate surface area is 114 Å². The van der Waals surface area contributed by atoms with Gasteiger partial charge in [-0.25, -0.2) is 0 Å². The Morgan fingerprint density at radius 3 is 2.88 bits per heavy atom. The lowest BCUT2D eigenvalue weighted by atomic mass is 10.0. The van der Waals surface area contributed by atoms with Crippen molar-refractivity contribution in [3.05, 3.63) is 50.4 Å². The van der Waals surface area contributed by atoms with Crippen molar-refractivity contribution in [2.24, 2.45) is 0 Å². The summed E-state index contributed by atoms with van der Waals surface area (Å²) < 4.78 is 1.15. The molecule has 2 nitrogen and oxygen atoms in total. The van der Waals surface area contributed by atoms with Crippen LogP contribution in [-0.2, 0) is 0 Å². The van der Waals surface area contributed by atoms with Crippen molar-refractivity contribution in [1.82, 2.24) is 10.3 Å². The molecule has 0 aliphatic rings. The summed E-state index contributed by atoms with van der Waals surface area (Å²) in [5, 5.41) is 7.78. The number of thiophene rings is 1. The lowest BCUT2D eigenvalue weighted by molar-refractivity contribution is 0.612. The third kappa shape index (κ3) is 2.76. The summed E-state index contributed by atoms with van der Waals surface area (Å²) in [5.41, 5.74) is 3.59. The third-order valence-corrected chi connectivity index (χ3v) is 4.44. The molecule has 0 spiro atoms. The van der Waals surface area contributed by atoms with E-state index in [0.717, 1.165) is 16.7 Å². The molecule has 0 radical (unpaired) electrons. The van der Waals surface area contributed by atoms with E-state index in [-0.39, 0.29) is 6.04 Å². The molecule has 0 saturated heterocycles. The van der Waals surface area contributed by atoms with Gasteiger partial charge in [0.05, 0.1) is 11.7 Å². The van der Waals surface area contributed by atoms with Gasteiger partial charge < -0.3 is 5.32 Å². The summed E-state index contributed by atoms with van der Waals surface area (Å²) in [6.07, 6.45) is 1.85. The van der Waals surface area contributed by atoms with Crippen molar-refractivity contribution in [3.8, 4) is 0 Å². The van der Waals surface area contributed by atoms with E-state index in [1.165, 1.54) is 11.1 Å². The highest BCUT2D eigenvalue weighted by Gasteiger charge is 2.19. The zero-order valence-electron chi connectivity index (χ0n) is 9.90. The van der Waals surface area contributed by atoms with E-state index in [0.29, 0.717) is 0 Å². The van der Waals surface area contributed by atoms with Gasteiger partial charge in [0.1, 0.15) is 0 Å². The molecule has 0 amide bonds. The van der Waals surface area contributed by atoms with Crippen LogP contribution in [0.15, 0.2) is 33.6 Å². The quantitative estimate of drug-likeness (QED) is 0.926. The van der Waals surface area contributed by atoms with Crippen LogP contribution in [0.3, 0.4) is 0 Å². The summed E-state index contributed by atoms with van der Waals surface area (Å²) in [6.45, 7) is 5.14. The van der Waals surface area contributed by atoms with Crippen molar-refractivity contribution in [2.45, 2.75) is 19.9 Å². The minimum absolute atomic E-state index is 0.168. The van der Waals surface area contributed by atoms with Crippen molar-refractivity contribution >= 4 is 27.3 Å². The predicted molar refractivity (Wildman–Crippen MR) is 76.5 cm³/mol. The molecule has 2 aromatic heterocycles. The largest absolute Gasteiger partial charge is 0.305 e. The highest BCUT2D eigenvalue weighted by molar-refractivity contribution is 9.10. The summed E-state index contributed by atoms with van der Waals surface area (Å²) in [7, 11) is 0. The fourth-order valence-electron chi connectivity index (χ4n) is 1.86. The Morgan fingerprint density at radius 2 is 2.29 bits per heavy atom. The van der Waals surface area contributed by atoms with E-state index >= 15 is 0 Å². The van der Waals surface area contributed by atoms with E-state index in [1.54, 1.807) is 11.3 Å². The maximum absolute atomic E-state index is 4.52. The Bertz CT molecular complexity index is 496. The molecule has 90 valence electrons. The summed E-state index contributed by atoms with van der Waals surface area (Å²) >= 11 is 5.31. The molecule has 2 aromatic rings. The molecule has 2 rings (SSSR count). The van der Waals surface area contributed by atoms with Crippen molar-refractivity contribution in [1.29, 1.82) is 0 Å². The Kier molecular flexibility index (Phi) is 4.31. The second kappa shape index (κ2) is 5.76. The van der Waals surface area contributed by atoms with E-state index in [2.05, 4.69) is 56.9 Å². The first-order valence-electron chi connectivity index (χ1n) is 5.60. The maximum Gasteiger partial charge on any atom is 0.0773 e. The SMILES string of the molecule is CCNC(c1cscc1Br)c1ncccc1C. The van der Waals surface area contributed by atoms with Crippen molar-refractivity contribution in [2.75, 3.05) is 6.54 Å². The number of halogens is 1. The predicted octanol–water partition coefficient (Wildman–Crippen LogP) is 3.91. The number of nitrogens with one attached hydrogen (secondary N) is 1. The second-order valence-electron chi connectivity index (χ2n) is 3.87. The lowest BCUT2D eigenvalue weighted by Gasteiger charge is -2.19. The molecule has 1 unspecified atom stereocenters. The first-order chi connectivity index (χ1) is 8.24.